The molecule has 0 saturated heterocycles. The van der Waals surface area contributed by atoms with Gasteiger partial charge < -0.3 is 0 Å². The van der Waals surface area contributed by atoms with E-state index in [0.717, 1.165) is 0 Å². The zero-order valence-corrected chi connectivity index (χ0v) is 8.71. The summed E-state index contributed by atoms with van der Waals surface area (Å²) in [7, 11) is -1.13. The minimum absolute atomic E-state index is 0.261. The van der Waals surface area contributed by atoms with Crippen LogP contribution in [0, 0.1) is 0 Å². The lowest BCUT2D eigenvalue weighted by Gasteiger charge is -2.12. The van der Waals surface area contributed by atoms with E-state index in [4.69, 9.17) is 11.6 Å². The Kier molecular flexibility index (Phi) is 4.93. The van der Waals surface area contributed by atoms with E-state index in [0.29, 0.717) is 12.3 Å². The monoisotopic (exact) mass is 195 g/mol. The van der Waals surface area contributed by atoms with Crippen LogP contribution in [0.3, 0.4) is 0 Å². The van der Waals surface area contributed by atoms with Crippen LogP contribution in [0.1, 0.15) is 27.2 Å². The fourth-order valence-electron chi connectivity index (χ4n) is 0.327. The van der Waals surface area contributed by atoms with Crippen LogP contribution in [0.25, 0.3) is 0 Å². The molecule has 66 valence electrons. The van der Waals surface area contributed by atoms with Gasteiger partial charge in [-0.3, -0.25) is 0 Å². The molecule has 0 bridgehead atoms. The summed E-state index contributed by atoms with van der Waals surface area (Å²) in [6, 6.07) is 0. The first-order chi connectivity index (χ1) is 4.98. The third-order valence-corrected chi connectivity index (χ3v) is 2.54. The third-order valence-electron chi connectivity index (χ3n) is 0.932. The standard InChI is InChI=1S/C7H14ClNOS/c1-7(2,3)11(10)9-6-4-5-8/h6H,4-5H2,1-3H3/t11-/m1/s1. The number of hydrogen-bond acceptors (Lipinski definition) is 1. The van der Waals surface area contributed by atoms with E-state index in [9.17, 15) is 4.21 Å². The Bertz CT molecular complexity index is 162. The summed E-state index contributed by atoms with van der Waals surface area (Å²) in [6.45, 7) is 5.67. The normalized spacial score (nSPS) is 15.6. The summed E-state index contributed by atoms with van der Waals surface area (Å²) in [5.74, 6) is 0.533. The molecule has 0 unspecified atom stereocenters. The van der Waals surface area contributed by atoms with Crippen molar-refractivity contribution in [2.24, 2.45) is 4.40 Å². The third kappa shape index (κ3) is 5.39. The van der Waals surface area contributed by atoms with Gasteiger partial charge in [-0.2, -0.15) is 4.40 Å². The molecular formula is C7H14ClNOS. The van der Waals surface area contributed by atoms with E-state index in [1.54, 1.807) is 6.21 Å². The number of halogens is 1. The highest BCUT2D eigenvalue weighted by molar-refractivity contribution is 7.85. The maximum absolute atomic E-state index is 11.2. The van der Waals surface area contributed by atoms with Gasteiger partial charge in [0.2, 0.25) is 0 Å². The van der Waals surface area contributed by atoms with Crippen LogP contribution in [-0.2, 0) is 11.0 Å². The lowest BCUT2D eigenvalue weighted by Crippen LogP contribution is -2.19. The van der Waals surface area contributed by atoms with Crippen molar-refractivity contribution in [2.45, 2.75) is 31.9 Å². The van der Waals surface area contributed by atoms with Gasteiger partial charge in [0, 0.05) is 12.1 Å². The molecule has 11 heavy (non-hydrogen) atoms. The first kappa shape index (κ1) is 11.1. The highest BCUT2D eigenvalue weighted by atomic mass is 35.5. The molecule has 0 heterocycles. The maximum Gasteiger partial charge on any atom is 0.144 e. The van der Waals surface area contributed by atoms with Crippen LogP contribution in [0.15, 0.2) is 4.40 Å². The number of alkyl halides is 1. The van der Waals surface area contributed by atoms with Gasteiger partial charge in [-0.25, -0.2) is 4.21 Å². The van der Waals surface area contributed by atoms with Crippen LogP contribution in [0.5, 0.6) is 0 Å². The van der Waals surface area contributed by atoms with Crippen LogP contribution in [0.4, 0.5) is 0 Å². The van der Waals surface area contributed by atoms with Gasteiger partial charge in [0.25, 0.3) is 0 Å². The Morgan fingerprint density at radius 1 is 1.55 bits per heavy atom. The number of rotatable bonds is 3. The molecule has 0 amide bonds. The van der Waals surface area contributed by atoms with Gasteiger partial charge in [0.15, 0.2) is 0 Å². The van der Waals surface area contributed by atoms with Crippen molar-refractivity contribution in [3.05, 3.63) is 0 Å². The quantitative estimate of drug-likeness (QED) is 0.501. The lowest BCUT2D eigenvalue weighted by atomic mass is 10.3. The predicted molar refractivity (Wildman–Crippen MR) is 51.7 cm³/mol. The zero-order chi connectivity index (χ0) is 8.91. The van der Waals surface area contributed by atoms with Crippen LogP contribution >= 0.6 is 11.6 Å². The summed E-state index contributed by atoms with van der Waals surface area (Å²) in [5, 5.41) is 0. The van der Waals surface area contributed by atoms with Crippen molar-refractivity contribution in [1.29, 1.82) is 0 Å². The van der Waals surface area contributed by atoms with Gasteiger partial charge in [-0.05, 0) is 27.2 Å². The Morgan fingerprint density at radius 3 is 2.45 bits per heavy atom. The van der Waals surface area contributed by atoms with E-state index >= 15 is 0 Å². The van der Waals surface area contributed by atoms with Crippen LogP contribution in [-0.4, -0.2) is 21.1 Å². The maximum atomic E-state index is 11.2. The molecular weight excluding hydrogens is 182 g/mol. The molecule has 0 aromatic carbocycles. The second-order valence-corrected chi connectivity index (χ2v) is 5.44. The first-order valence-corrected chi connectivity index (χ1v) is 5.13. The predicted octanol–water partition coefficient (Wildman–Crippen LogP) is 2.15. The number of hydrogen-bond donors (Lipinski definition) is 0. The molecule has 4 heteroatoms. The highest BCUT2D eigenvalue weighted by Gasteiger charge is 2.17. The fraction of sp³-hybridized carbons (Fsp3) is 0.857. The topological polar surface area (TPSA) is 29.4 Å². The van der Waals surface area contributed by atoms with Crippen molar-refractivity contribution in [2.75, 3.05) is 5.88 Å². The summed E-state index contributed by atoms with van der Waals surface area (Å²) in [6.07, 6.45) is 2.30. The number of nitrogens with zero attached hydrogens (tertiary/aromatic N) is 1. The van der Waals surface area contributed by atoms with Crippen molar-refractivity contribution in [3.63, 3.8) is 0 Å². The molecule has 0 fully saturated rings. The Hall–Kier alpha value is 0.110. The van der Waals surface area contributed by atoms with E-state index in [1.165, 1.54) is 0 Å². The average molecular weight is 196 g/mol. The van der Waals surface area contributed by atoms with Gasteiger partial charge in [0.05, 0.1) is 4.75 Å². The fourth-order valence-corrected chi connectivity index (χ4v) is 0.982. The summed E-state index contributed by atoms with van der Waals surface area (Å²) < 4.78 is 14.8. The van der Waals surface area contributed by atoms with Crippen molar-refractivity contribution in [1.82, 2.24) is 0 Å². The lowest BCUT2D eigenvalue weighted by molar-refractivity contribution is 0.651. The molecule has 2 nitrogen and oxygen atoms in total. The molecule has 0 N–H and O–H groups in total. The smallest absolute Gasteiger partial charge is 0.144 e. The molecule has 0 rings (SSSR count). The van der Waals surface area contributed by atoms with Crippen LogP contribution in [0.2, 0.25) is 0 Å². The summed E-state index contributed by atoms with van der Waals surface area (Å²) in [5.41, 5.74) is 0. The Morgan fingerprint density at radius 2 is 2.09 bits per heavy atom. The Balaban J connectivity index is 3.88. The highest BCUT2D eigenvalue weighted by Crippen LogP contribution is 2.11. The molecule has 0 aliphatic carbocycles. The van der Waals surface area contributed by atoms with Gasteiger partial charge >= 0.3 is 0 Å². The van der Waals surface area contributed by atoms with E-state index in [2.05, 4.69) is 4.40 Å². The van der Waals surface area contributed by atoms with Crippen molar-refractivity contribution < 1.29 is 4.21 Å². The second-order valence-electron chi connectivity index (χ2n) is 3.13. The van der Waals surface area contributed by atoms with Gasteiger partial charge in [-0.15, -0.1) is 11.6 Å². The van der Waals surface area contributed by atoms with Gasteiger partial charge in [-0.1, -0.05) is 0 Å². The summed E-state index contributed by atoms with van der Waals surface area (Å²) >= 11 is 5.41. The molecule has 0 radical (unpaired) electrons. The van der Waals surface area contributed by atoms with Crippen LogP contribution < -0.4 is 0 Å². The van der Waals surface area contributed by atoms with E-state index in [1.807, 2.05) is 20.8 Å². The molecule has 0 saturated carbocycles. The van der Waals surface area contributed by atoms with Crippen molar-refractivity contribution in [3.8, 4) is 0 Å². The van der Waals surface area contributed by atoms with E-state index in [-0.39, 0.29) is 4.75 Å². The minimum atomic E-state index is -1.13. The first-order valence-electron chi connectivity index (χ1n) is 3.49. The molecule has 1 atom stereocenters. The Labute approximate surface area is 75.6 Å². The molecule has 0 aromatic rings. The minimum Gasteiger partial charge on any atom is -0.234 e. The van der Waals surface area contributed by atoms with E-state index < -0.39 is 11.0 Å². The molecule has 0 spiro atoms. The average Bonchev–Trinajstić information content (AvgIpc) is 1.86. The zero-order valence-electron chi connectivity index (χ0n) is 7.13. The SMILES string of the molecule is CC(C)(C)[S@@](=O)N=CCCCl. The van der Waals surface area contributed by atoms with Crippen molar-refractivity contribution >= 4 is 28.8 Å². The largest absolute Gasteiger partial charge is 0.234 e. The molecule has 0 aromatic heterocycles. The molecule has 0 aliphatic rings. The summed E-state index contributed by atoms with van der Waals surface area (Å²) in [4.78, 5) is 0. The van der Waals surface area contributed by atoms with Gasteiger partial charge in [0.1, 0.15) is 11.0 Å². The molecule has 0 aliphatic heterocycles. The second kappa shape index (κ2) is 4.88.